The van der Waals surface area contributed by atoms with Gasteiger partial charge in [-0.2, -0.15) is 0 Å². The Labute approximate surface area is 112 Å². The maximum atomic E-state index is 13.0. The SMILES string of the molecule is CC1(C)CCN(CCC(=O)c2cc(F)cc(F)c2)C1. The molecule has 0 bridgehead atoms. The highest BCUT2D eigenvalue weighted by Gasteiger charge is 2.29. The minimum absolute atomic E-state index is 0.121. The third-order valence-electron chi connectivity index (χ3n) is 3.60. The van der Waals surface area contributed by atoms with Crippen LogP contribution in [0.15, 0.2) is 18.2 Å². The van der Waals surface area contributed by atoms with Crippen LogP contribution in [0.4, 0.5) is 8.78 Å². The van der Waals surface area contributed by atoms with E-state index in [-0.39, 0.29) is 11.3 Å². The Morgan fingerprint density at radius 3 is 2.42 bits per heavy atom. The van der Waals surface area contributed by atoms with Gasteiger partial charge in [-0.05, 0) is 30.5 Å². The molecule has 104 valence electrons. The first-order chi connectivity index (χ1) is 8.85. The molecule has 1 aliphatic heterocycles. The summed E-state index contributed by atoms with van der Waals surface area (Å²) in [6.45, 7) is 7.02. The molecule has 0 aromatic heterocycles. The van der Waals surface area contributed by atoms with Gasteiger partial charge >= 0.3 is 0 Å². The third kappa shape index (κ3) is 3.83. The van der Waals surface area contributed by atoms with Crippen molar-refractivity contribution in [3.8, 4) is 0 Å². The zero-order valence-corrected chi connectivity index (χ0v) is 11.4. The average Bonchev–Trinajstić information content (AvgIpc) is 2.64. The van der Waals surface area contributed by atoms with Crippen LogP contribution >= 0.6 is 0 Å². The lowest BCUT2D eigenvalue weighted by molar-refractivity contribution is 0.0966. The summed E-state index contributed by atoms with van der Waals surface area (Å²) >= 11 is 0. The van der Waals surface area contributed by atoms with Crippen molar-refractivity contribution < 1.29 is 13.6 Å². The van der Waals surface area contributed by atoms with Crippen LogP contribution in [0.2, 0.25) is 0 Å². The van der Waals surface area contributed by atoms with Gasteiger partial charge < -0.3 is 4.90 Å². The molecule has 1 aliphatic rings. The largest absolute Gasteiger partial charge is 0.302 e. The normalized spacial score (nSPS) is 18.7. The Morgan fingerprint density at radius 2 is 1.89 bits per heavy atom. The molecule has 2 nitrogen and oxygen atoms in total. The molecule has 1 saturated heterocycles. The summed E-state index contributed by atoms with van der Waals surface area (Å²) in [6.07, 6.45) is 1.43. The van der Waals surface area contributed by atoms with Crippen molar-refractivity contribution in [2.45, 2.75) is 26.7 Å². The molecule has 0 N–H and O–H groups in total. The van der Waals surface area contributed by atoms with Gasteiger partial charge in [-0.1, -0.05) is 13.8 Å². The quantitative estimate of drug-likeness (QED) is 0.780. The molecule has 19 heavy (non-hydrogen) atoms. The highest BCUT2D eigenvalue weighted by molar-refractivity contribution is 5.96. The fourth-order valence-corrected chi connectivity index (χ4v) is 2.53. The summed E-state index contributed by atoms with van der Waals surface area (Å²) in [6, 6.07) is 2.97. The average molecular weight is 267 g/mol. The van der Waals surface area contributed by atoms with Gasteiger partial charge in [0.25, 0.3) is 0 Å². The van der Waals surface area contributed by atoms with Gasteiger partial charge in [0.1, 0.15) is 11.6 Å². The second-order valence-electron chi connectivity index (χ2n) is 6.02. The molecule has 1 heterocycles. The van der Waals surface area contributed by atoms with E-state index in [2.05, 4.69) is 18.7 Å². The standard InChI is InChI=1S/C15H19F2NO/c1-15(2)4-6-18(10-15)5-3-14(19)11-7-12(16)9-13(17)8-11/h7-9H,3-6,10H2,1-2H3. The van der Waals surface area contributed by atoms with Crippen LogP contribution in [-0.2, 0) is 0 Å². The molecule has 4 heteroatoms. The number of hydrogen-bond acceptors (Lipinski definition) is 2. The van der Waals surface area contributed by atoms with Gasteiger partial charge in [-0.15, -0.1) is 0 Å². The fraction of sp³-hybridized carbons (Fsp3) is 0.533. The molecule has 0 atom stereocenters. The van der Waals surface area contributed by atoms with Crippen molar-refractivity contribution in [3.63, 3.8) is 0 Å². The molecule has 1 aromatic rings. The highest BCUT2D eigenvalue weighted by atomic mass is 19.1. The molecular weight excluding hydrogens is 248 g/mol. The van der Waals surface area contributed by atoms with E-state index in [1.54, 1.807) is 0 Å². The van der Waals surface area contributed by atoms with Crippen LogP contribution in [0.25, 0.3) is 0 Å². The minimum Gasteiger partial charge on any atom is -0.302 e. The van der Waals surface area contributed by atoms with Crippen molar-refractivity contribution in [1.82, 2.24) is 4.90 Å². The van der Waals surface area contributed by atoms with Crippen molar-refractivity contribution in [1.29, 1.82) is 0 Å². The summed E-state index contributed by atoms with van der Waals surface area (Å²) in [4.78, 5) is 14.1. The van der Waals surface area contributed by atoms with Crippen molar-refractivity contribution in [3.05, 3.63) is 35.4 Å². The van der Waals surface area contributed by atoms with Crippen molar-refractivity contribution in [2.75, 3.05) is 19.6 Å². The van der Waals surface area contributed by atoms with Crippen LogP contribution in [0.5, 0.6) is 0 Å². The Morgan fingerprint density at radius 1 is 1.26 bits per heavy atom. The van der Waals surface area contributed by atoms with Gasteiger partial charge in [-0.3, -0.25) is 4.79 Å². The van der Waals surface area contributed by atoms with Gasteiger partial charge in [-0.25, -0.2) is 8.78 Å². The predicted molar refractivity (Wildman–Crippen MR) is 70.1 cm³/mol. The highest BCUT2D eigenvalue weighted by Crippen LogP contribution is 2.28. The number of ketones is 1. The summed E-state index contributed by atoms with van der Waals surface area (Å²) in [5.74, 6) is -1.61. The van der Waals surface area contributed by atoms with E-state index >= 15 is 0 Å². The second kappa shape index (κ2) is 5.37. The maximum Gasteiger partial charge on any atom is 0.164 e. The van der Waals surface area contributed by atoms with E-state index in [1.165, 1.54) is 0 Å². The summed E-state index contributed by atoms with van der Waals surface area (Å²) < 4.78 is 26.1. The topological polar surface area (TPSA) is 20.3 Å². The van der Waals surface area contributed by atoms with Gasteiger partial charge in [0.15, 0.2) is 5.78 Å². The number of nitrogens with zero attached hydrogens (tertiary/aromatic N) is 1. The van der Waals surface area contributed by atoms with E-state index in [4.69, 9.17) is 0 Å². The molecule has 2 rings (SSSR count). The lowest BCUT2D eigenvalue weighted by Crippen LogP contribution is -2.26. The number of rotatable bonds is 4. The van der Waals surface area contributed by atoms with Crippen LogP contribution in [0.1, 0.15) is 37.0 Å². The van der Waals surface area contributed by atoms with E-state index < -0.39 is 11.6 Å². The zero-order chi connectivity index (χ0) is 14.0. The summed E-state index contributed by atoms with van der Waals surface area (Å²) in [7, 11) is 0. The van der Waals surface area contributed by atoms with Crippen LogP contribution < -0.4 is 0 Å². The molecule has 0 radical (unpaired) electrons. The smallest absolute Gasteiger partial charge is 0.164 e. The van der Waals surface area contributed by atoms with Crippen LogP contribution in [0.3, 0.4) is 0 Å². The Hall–Kier alpha value is -1.29. The van der Waals surface area contributed by atoms with E-state index in [1.807, 2.05) is 0 Å². The summed E-state index contributed by atoms with van der Waals surface area (Å²) in [5, 5.41) is 0. The lowest BCUT2D eigenvalue weighted by atomic mass is 9.93. The maximum absolute atomic E-state index is 13.0. The number of carbonyl (C=O) groups excluding carboxylic acids is 1. The Balaban J connectivity index is 1.91. The van der Waals surface area contributed by atoms with E-state index in [0.717, 1.165) is 37.7 Å². The summed E-state index contributed by atoms with van der Waals surface area (Å²) in [5.41, 5.74) is 0.421. The number of hydrogen-bond donors (Lipinski definition) is 0. The first-order valence-electron chi connectivity index (χ1n) is 6.57. The zero-order valence-electron chi connectivity index (χ0n) is 11.4. The Kier molecular flexibility index (Phi) is 3.99. The fourth-order valence-electron chi connectivity index (χ4n) is 2.53. The third-order valence-corrected chi connectivity index (χ3v) is 3.60. The Bertz CT molecular complexity index is 465. The van der Waals surface area contributed by atoms with Gasteiger partial charge in [0.2, 0.25) is 0 Å². The number of benzene rings is 1. The van der Waals surface area contributed by atoms with Crippen LogP contribution in [0, 0.1) is 17.0 Å². The molecule has 0 spiro atoms. The number of carbonyl (C=O) groups is 1. The molecule has 0 aliphatic carbocycles. The number of likely N-dealkylation sites (tertiary alicyclic amines) is 1. The van der Waals surface area contributed by atoms with Gasteiger partial charge in [0, 0.05) is 31.1 Å². The minimum atomic E-state index is -0.703. The first-order valence-corrected chi connectivity index (χ1v) is 6.57. The van der Waals surface area contributed by atoms with E-state index in [9.17, 15) is 13.6 Å². The van der Waals surface area contributed by atoms with Crippen molar-refractivity contribution in [2.24, 2.45) is 5.41 Å². The molecular formula is C15H19F2NO. The lowest BCUT2D eigenvalue weighted by Gasteiger charge is -2.19. The number of halogens is 2. The molecule has 0 saturated carbocycles. The molecule has 0 unspecified atom stereocenters. The van der Waals surface area contributed by atoms with E-state index in [0.29, 0.717) is 18.4 Å². The van der Waals surface area contributed by atoms with Crippen LogP contribution in [-0.4, -0.2) is 30.3 Å². The van der Waals surface area contributed by atoms with Crippen molar-refractivity contribution >= 4 is 5.78 Å². The molecule has 0 amide bonds. The number of Topliss-reactive ketones (excluding diaryl/α,β-unsaturated/α-hetero) is 1. The molecule has 1 aromatic carbocycles. The monoisotopic (exact) mass is 267 g/mol. The first kappa shape index (κ1) is 14.1. The molecule has 1 fully saturated rings. The predicted octanol–water partition coefficient (Wildman–Crippen LogP) is 3.27. The second-order valence-corrected chi connectivity index (χ2v) is 6.02. The van der Waals surface area contributed by atoms with Gasteiger partial charge in [0.05, 0.1) is 0 Å².